The second-order valence-electron chi connectivity index (χ2n) is 7.52. The molecule has 0 nitrogen and oxygen atoms in total. The van der Waals surface area contributed by atoms with Crippen molar-refractivity contribution in [2.75, 3.05) is 0 Å². The Morgan fingerprint density at radius 1 is 0.724 bits per heavy atom. The van der Waals surface area contributed by atoms with Crippen LogP contribution in [0, 0.1) is 5.82 Å². The molecule has 0 amide bonds. The Labute approximate surface area is 177 Å². The van der Waals surface area contributed by atoms with Crippen LogP contribution in [0.15, 0.2) is 78.9 Å². The Morgan fingerprint density at radius 3 is 2.07 bits per heavy atom. The van der Waals surface area contributed by atoms with Crippen LogP contribution in [0.3, 0.4) is 0 Å². The van der Waals surface area contributed by atoms with E-state index in [9.17, 15) is 0 Å². The van der Waals surface area contributed by atoms with Crippen molar-refractivity contribution >= 4 is 22.4 Å². The number of benzene rings is 4. The molecule has 4 rings (SSSR count). The lowest BCUT2D eigenvalue weighted by atomic mass is 9.96. The largest absolute Gasteiger partial charge is 0.206 e. The van der Waals surface area contributed by atoms with Crippen LogP contribution in [-0.2, 0) is 6.42 Å². The molecule has 0 aliphatic rings. The fourth-order valence-electron chi connectivity index (χ4n) is 3.78. The third-order valence-electron chi connectivity index (χ3n) is 5.46. The van der Waals surface area contributed by atoms with Gasteiger partial charge >= 0.3 is 0 Å². The molecule has 2 heteroatoms. The van der Waals surface area contributed by atoms with Crippen molar-refractivity contribution in [3.05, 3.63) is 95.3 Å². The minimum absolute atomic E-state index is 0.151. The third-order valence-corrected chi connectivity index (χ3v) is 5.71. The molecule has 0 aromatic heterocycles. The SMILES string of the molecule is CCCCCc1ccc2c(F)c(-c3ccc(-c4ccc(Cl)cc4)cc3)ccc2c1. The highest BCUT2D eigenvalue weighted by molar-refractivity contribution is 6.30. The Bertz CT molecular complexity index is 1110. The van der Waals surface area contributed by atoms with Crippen molar-refractivity contribution < 1.29 is 4.39 Å². The first-order valence-corrected chi connectivity index (χ1v) is 10.6. The van der Waals surface area contributed by atoms with Crippen LogP contribution in [-0.4, -0.2) is 0 Å². The van der Waals surface area contributed by atoms with Crippen molar-refractivity contribution in [1.29, 1.82) is 0 Å². The van der Waals surface area contributed by atoms with E-state index in [0.29, 0.717) is 10.9 Å². The van der Waals surface area contributed by atoms with Gasteiger partial charge in [0.1, 0.15) is 5.82 Å². The van der Waals surface area contributed by atoms with E-state index in [4.69, 9.17) is 11.6 Å². The summed E-state index contributed by atoms with van der Waals surface area (Å²) >= 11 is 5.97. The zero-order valence-corrected chi connectivity index (χ0v) is 17.3. The van der Waals surface area contributed by atoms with E-state index < -0.39 is 0 Å². The fourth-order valence-corrected chi connectivity index (χ4v) is 3.91. The maximum Gasteiger partial charge on any atom is 0.138 e. The van der Waals surface area contributed by atoms with Crippen molar-refractivity contribution in [3.8, 4) is 22.3 Å². The highest BCUT2D eigenvalue weighted by Gasteiger charge is 2.10. The summed E-state index contributed by atoms with van der Waals surface area (Å²) in [6.45, 7) is 2.21. The molecule has 0 unspecified atom stereocenters. The van der Waals surface area contributed by atoms with E-state index in [-0.39, 0.29) is 5.82 Å². The summed E-state index contributed by atoms with van der Waals surface area (Å²) < 4.78 is 15.2. The quantitative estimate of drug-likeness (QED) is 0.283. The predicted octanol–water partition coefficient (Wildman–Crippen LogP) is 8.70. The van der Waals surface area contributed by atoms with Gasteiger partial charge in [-0.3, -0.25) is 0 Å². The second kappa shape index (κ2) is 8.80. The summed E-state index contributed by atoms with van der Waals surface area (Å²) in [5, 5.41) is 2.37. The van der Waals surface area contributed by atoms with Gasteiger partial charge in [0.05, 0.1) is 0 Å². The molecular weight excluding hydrogens is 379 g/mol. The number of rotatable bonds is 6. The Kier molecular flexibility index (Phi) is 5.97. The molecule has 0 bridgehead atoms. The van der Waals surface area contributed by atoms with Crippen LogP contribution in [0.25, 0.3) is 33.0 Å². The van der Waals surface area contributed by atoms with Crippen molar-refractivity contribution in [2.24, 2.45) is 0 Å². The molecular formula is C27H24ClF. The zero-order chi connectivity index (χ0) is 20.2. The number of unbranched alkanes of at least 4 members (excludes halogenated alkanes) is 2. The summed E-state index contributed by atoms with van der Waals surface area (Å²) in [5.74, 6) is -0.151. The summed E-state index contributed by atoms with van der Waals surface area (Å²) in [5.41, 5.74) is 4.98. The Hall–Kier alpha value is -2.64. The summed E-state index contributed by atoms with van der Waals surface area (Å²) in [6.07, 6.45) is 4.68. The molecule has 0 radical (unpaired) electrons. The van der Waals surface area contributed by atoms with Crippen LogP contribution >= 0.6 is 11.6 Å². The molecule has 0 heterocycles. The Morgan fingerprint density at radius 2 is 1.38 bits per heavy atom. The third kappa shape index (κ3) is 4.36. The van der Waals surface area contributed by atoms with Crippen LogP contribution in [0.4, 0.5) is 4.39 Å². The monoisotopic (exact) mass is 402 g/mol. The number of fused-ring (bicyclic) bond motifs is 1. The van der Waals surface area contributed by atoms with Gasteiger partial charge in [0.15, 0.2) is 0 Å². The predicted molar refractivity (Wildman–Crippen MR) is 123 cm³/mol. The van der Waals surface area contributed by atoms with Crippen LogP contribution < -0.4 is 0 Å². The highest BCUT2D eigenvalue weighted by atomic mass is 35.5. The molecule has 0 fully saturated rings. The van der Waals surface area contributed by atoms with E-state index in [0.717, 1.165) is 33.5 Å². The van der Waals surface area contributed by atoms with E-state index in [1.165, 1.54) is 24.8 Å². The molecule has 0 saturated carbocycles. The topological polar surface area (TPSA) is 0 Å². The molecule has 0 spiro atoms. The number of hydrogen-bond acceptors (Lipinski definition) is 0. The first-order valence-electron chi connectivity index (χ1n) is 10.2. The molecule has 4 aromatic rings. The lowest BCUT2D eigenvalue weighted by molar-refractivity contribution is 0.643. The van der Waals surface area contributed by atoms with Gasteiger partial charge < -0.3 is 0 Å². The summed E-state index contributed by atoms with van der Waals surface area (Å²) in [6, 6.07) is 25.8. The van der Waals surface area contributed by atoms with Crippen LogP contribution in [0.2, 0.25) is 5.02 Å². The van der Waals surface area contributed by atoms with E-state index >= 15 is 4.39 Å². The van der Waals surface area contributed by atoms with Gasteiger partial charge in [-0.25, -0.2) is 4.39 Å². The molecule has 0 aliphatic heterocycles. The molecule has 0 aliphatic carbocycles. The fraction of sp³-hybridized carbons (Fsp3) is 0.185. The van der Waals surface area contributed by atoms with E-state index in [1.807, 2.05) is 66.7 Å². The first kappa shape index (κ1) is 19.7. The normalized spacial score (nSPS) is 11.1. The second-order valence-corrected chi connectivity index (χ2v) is 7.96. The standard InChI is InChI=1S/C27H24ClF/c1-2-3-4-5-19-6-16-26-23(18-19)13-17-25(27(26)29)22-9-7-20(8-10-22)21-11-14-24(28)15-12-21/h6-18H,2-5H2,1H3. The molecule has 29 heavy (non-hydrogen) atoms. The minimum Gasteiger partial charge on any atom is -0.206 e. The summed E-state index contributed by atoms with van der Waals surface area (Å²) in [7, 11) is 0. The molecule has 0 atom stereocenters. The van der Waals surface area contributed by atoms with Gasteiger partial charge in [-0.05, 0) is 52.6 Å². The highest BCUT2D eigenvalue weighted by Crippen LogP contribution is 2.31. The lowest BCUT2D eigenvalue weighted by Gasteiger charge is -2.10. The average molecular weight is 403 g/mol. The number of halogens is 2. The Balaban J connectivity index is 1.62. The van der Waals surface area contributed by atoms with Gasteiger partial charge in [0, 0.05) is 16.0 Å². The maximum atomic E-state index is 15.2. The van der Waals surface area contributed by atoms with Crippen LogP contribution in [0.1, 0.15) is 31.7 Å². The average Bonchev–Trinajstić information content (AvgIpc) is 2.75. The summed E-state index contributed by atoms with van der Waals surface area (Å²) in [4.78, 5) is 0. The number of hydrogen-bond donors (Lipinski definition) is 0. The van der Waals surface area contributed by atoms with Crippen molar-refractivity contribution in [2.45, 2.75) is 32.6 Å². The van der Waals surface area contributed by atoms with Crippen LogP contribution in [0.5, 0.6) is 0 Å². The molecule has 0 N–H and O–H groups in total. The lowest BCUT2D eigenvalue weighted by Crippen LogP contribution is -1.90. The van der Waals surface area contributed by atoms with Gasteiger partial charge in [0.2, 0.25) is 0 Å². The maximum absolute atomic E-state index is 15.2. The molecule has 4 aromatic carbocycles. The van der Waals surface area contributed by atoms with Gasteiger partial charge in [-0.1, -0.05) is 98.1 Å². The molecule has 146 valence electrons. The van der Waals surface area contributed by atoms with Gasteiger partial charge in [0.25, 0.3) is 0 Å². The van der Waals surface area contributed by atoms with Crippen molar-refractivity contribution in [3.63, 3.8) is 0 Å². The minimum atomic E-state index is -0.151. The zero-order valence-electron chi connectivity index (χ0n) is 16.6. The van der Waals surface area contributed by atoms with E-state index in [2.05, 4.69) is 19.1 Å². The number of aryl methyl sites for hydroxylation is 1. The van der Waals surface area contributed by atoms with Crippen molar-refractivity contribution in [1.82, 2.24) is 0 Å². The van der Waals surface area contributed by atoms with Gasteiger partial charge in [-0.2, -0.15) is 0 Å². The first-order chi connectivity index (χ1) is 14.2. The van der Waals surface area contributed by atoms with E-state index in [1.54, 1.807) is 0 Å². The smallest absolute Gasteiger partial charge is 0.138 e. The molecule has 0 saturated heterocycles. The van der Waals surface area contributed by atoms with Gasteiger partial charge in [-0.15, -0.1) is 0 Å².